The zero-order valence-electron chi connectivity index (χ0n) is 26.5. The van der Waals surface area contributed by atoms with Crippen LogP contribution in [0.15, 0.2) is 32.5 Å². The Bertz CT molecular complexity index is 1490. The van der Waals surface area contributed by atoms with E-state index < -0.39 is 0 Å². The zero-order chi connectivity index (χ0) is 31.9. The molecule has 45 heavy (non-hydrogen) atoms. The van der Waals surface area contributed by atoms with Gasteiger partial charge in [-0.05, 0) is 67.3 Å². The van der Waals surface area contributed by atoms with Crippen LogP contribution in [0.3, 0.4) is 0 Å². The smallest absolute Gasteiger partial charge is 0.277 e. The van der Waals surface area contributed by atoms with Crippen LogP contribution < -0.4 is 30.3 Å². The minimum atomic E-state index is -0.250. The Kier molecular flexibility index (Phi) is 11.1. The lowest BCUT2D eigenvalue weighted by molar-refractivity contribution is 0.0663. The largest absolute Gasteiger partial charge is 0.487 e. The van der Waals surface area contributed by atoms with Crippen molar-refractivity contribution >= 4 is 27.7 Å². The average molecular weight is 690 g/mol. The second-order valence-electron chi connectivity index (χ2n) is 11.9. The van der Waals surface area contributed by atoms with Crippen molar-refractivity contribution in [2.45, 2.75) is 78.1 Å². The molecule has 0 aliphatic carbocycles. The summed E-state index contributed by atoms with van der Waals surface area (Å²) < 4.78 is 15.4. The van der Waals surface area contributed by atoms with Crippen LogP contribution in [-0.2, 0) is 0 Å². The quantitative estimate of drug-likeness (QED) is 0.385. The lowest BCUT2D eigenvalue weighted by Gasteiger charge is -2.41. The molecule has 6 heterocycles. The van der Waals surface area contributed by atoms with Crippen molar-refractivity contribution in [2.24, 2.45) is 0 Å². The molecule has 0 saturated carbocycles. The van der Waals surface area contributed by atoms with E-state index in [1.807, 2.05) is 14.5 Å². The Labute approximate surface area is 272 Å². The van der Waals surface area contributed by atoms with Crippen LogP contribution in [0.1, 0.15) is 99.0 Å². The molecule has 2 amide bonds. The summed E-state index contributed by atoms with van der Waals surface area (Å²) in [4.78, 5) is 53.9. The molecule has 4 aliphatic heterocycles. The van der Waals surface area contributed by atoms with E-state index in [1.54, 1.807) is 17.1 Å². The third-order valence-electron chi connectivity index (χ3n) is 8.57. The summed E-state index contributed by atoms with van der Waals surface area (Å²) in [7, 11) is 0. The van der Waals surface area contributed by atoms with Gasteiger partial charge in [-0.1, -0.05) is 26.7 Å². The number of rotatable bonds is 8. The molecule has 0 aromatic carbocycles. The number of carbonyl (C=O) groups is 2. The third-order valence-corrected chi connectivity index (χ3v) is 9.14. The van der Waals surface area contributed by atoms with Gasteiger partial charge in [0.2, 0.25) is 10.9 Å². The molecule has 4 aliphatic rings. The lowest BCUT2D eigenvalue weighted by atomic mass is 10.1. The van der Waals surface area contributed by atoms with Crippen LogP contribution in [0, 0.1) is 0 Å². The molecule has 2 aromatic heterocycles. The maximum atomic E-state index is 12.9. The Morgan fingerprint density at radius 1 is 0.689 bits per heavy atom. The summed E-state index contributed by atoms with van der Waals surface area (Å²) in [6, 6.07) is 1.49. The molecule has 2 aromatic rings. The number of fused-ring (bicyclic) bond motifs is 8. The van der Waals surface area contributed by atoms with E-state index >= 15 is 0 Å². The summed E-state index contributed by atoms with van der Waals surface area (Å²) in [5.74, 6) is 0.172. The van der Waals surface area contributed by atoms with Crippen LogP contribution >= 0.6 is 15.9 Å². The van der Waals surface area contributed by atoms with Crippen molar-refractivity contribution in [3.63, 3.8) is 0 Å². The molecule has 0 atom stereocenters. The van der Waals surface area contributed by atoms with Crippen molar-refractivity contribution in [1.82, 2.24) is 19.2 Å². The number of ether oxygens (including phenoxy) is 2. The van der Waals surface area contributed by atoms with Crippen LogP contribution in [0.5, 0.6) is 11.5 Å². The standard InChI is InChI=1S/C16H22BrN3O3.C16H23N3O3/c1-2-3-9-23-15-13-16(22)18-7-5-4-6-8-19(11-18)20(13)10-12(17)14(15)21;1-2-3-11-22-15-13(20)7-10-19-14(15)16(21)17-8-5-4-6-9-18(19)12-17/h10H,2-9,11H2,1H3;7,10H,2-6,8-9,11-12H2,1H3. The monoisotopic (exact) mass is 688 g/mol. The summed E-state index contributed by atoms with van der Waals surface area (Å²) in [6.45, 7) is 9.41. The first-order valence-electron chi connectivity index (χ1n) is 16.4. The molecule has 246 valence electrons. The fourth-order valence-corrected chi connectivity index (χ4v) is 6.40. The molecule has 2 saturated heterocycles. The highest BCUT2D eigenvalue weighted by atomic mass is 79.9. The third kappa shape index (κ3) is 7.18. The number of aromatic nitrogens is 2. The number of amides is 2. The van der Waals surface area contributed by atoms with Gasteiger partial charge in [0.25, 0.3) is 11.8 Å². The molecular weight excluding hydrogens is 644 g/mol. The van der Waals surface area contributed by atoms with Gasteiger partial charge in [0.15, 0.2) is 22.9 Å². The van der Waals surface area contributed by atoms with Crippen molar-refractivity contribution in [3.8, 4) is 11.5 Å². The van der Waals surface area contributed by atoms with E-state index in [2.05, 4.69) is 39.8 Å². The number of pyridine rings is 2. The van der Waals surface area contributed by atoms with Crippen molar-refractivity contribution < 1.29 is 19.1 Å². The second kappa shape index (κ2) is 15.2. The summed E-state index contributed by atoms with van der Waals surface area (Å²) >= 11 is 3.31. The van der Waals surface area contributed by atoms with Gasteiger partial charge in [-0.2, -0.15) is 0 Å². The molecule has 0 spiro atoms. The first-order chi connectivity index (χ1) is 21.8. The average Bonchev–Trinajstić information content (AvgIpc) is 3.00. The van der Waals surface area contributed by atoms with Gasteiger partial charge in [0.1, 0.15) is 13.3 Å². The van der Waals surface area contributed by atoms with E-state index in [1.165, 1.54) is 6.07 Å². The number of nitrogens with zero attached hydrogens (tertiary/aromatic N) is 6. The van der Waals surface area contributed by atoms with E-state index in [0.29, 0.717) is 42.4 Å². The van der Waals surface area contributed by atoms with E-state index in [4.69, 9.17) is 9.47 Å². The van der Waals surface area contributed by atoms with Gasteiger partial charge in [0, 0.05) is 44.6 Å². The molecule has 6 rings (SSSR count). The molecule has 2 fully saturated rings. The number of unbranched alkanes of at least 4 members (excludes halogenated alkanes) is 2. The van der Waals surface area contributed by atoms with Crippen LogP contribution in [0.25, 0.3) is 0 Å². The van der Waals surface area contributed by atoms with E-state index in [-0.39, 0.29) is 34.2 Å². The number of carbonyl (C=O) groups excluding carboxylic acids is 2. The van der Waals surface area contributed by atoms with Crippen molar-refractivity contribution in [3.05, 3.63) is 54.8 Å². The summed E-state index contributed by atoms with van der Waals surface area (Å²) in [5.41, 5.74) is 0.285. The van der Waals surface area contributed by atoms with Crippen molar-refractivity contribution in [2.75, 3.05) is 62.7 Å². The second-order valence-corrected chi connectivity index (χ2v) is 12.8. The fourth-order valence-electron chi connectivity index (χ4n) is 6.03. The van der Waals surface area contributed by atoms with Gasteiger partial charge >= 0.3 is 0 Å². The predicted molar refractivity (Wildman–Crippen MR) is 176 cm³/mol. The number of hydrogen-bond acceptors (Lipinski definition) is 8. The van der Waals surface area contributed by atoms with Gasteiger partial charge in [-0.25, -0.2) is 0 Å². The van der Waals surface area contributed by atoms with Crippen LogP contribution in [0.2, 0.25) is 0 Å². The normalized spacial score (nSPS) is 17.7. The SMILES string of the molecule is CCCCOc1c2n(cc(Br)c1=O)N1CCCCCN(C1)C2=O.CCCCOc1c2n(ccc1=O)N1CCCCCN(C1)C2=O. The highest BCUT2D eigenvalue weighted by Crippen LogP contribution is 2.26. The Balaban J connectivity index is 0.000000178. The minimum Gasteiger partial charge on any atom is -0.487 e. The van der Waals surface area contributed by atoms with E-state index in [0.717, 1.165) is 90.4 Å². The number of halogens is 1. The molecule has 0 unspecified atom stereocenters. The van der Waals surface area contributed by atoms with Crippen LogP contribution in [-0.4, -0.2) is 83.7 Å². The first kappa shape index (κ1) is 32.9. The highest BCUT2D eigenvalue weighted by Gasteiger charge is 2.35. The summed E-state index contributed by atoms with van der Waals surface area (Å²) in [5, 5.41) is 4.22. The molecule has 4 bridgehead atoms. The lowest BCUT2D eigenvalue weighted by Crippen LogP contribution is -2.55. The molecule has 12 nitrogen and oxygen atoms in total. The van der Waals surface area contributed by atoms with Gasteiger partial charge < -0.3 is 19.3 Å². The number of hydrogen-bond donors (Lipinski definition) is 0. The predicted octanol–water partition coefficient (Wildman–Crippen LogP) is 3.89. The Hall–Kier alpha value is -3.48. The minimum absolute atomic E-state index is 0.0950. The van der Waals surface area contributed by atoms with Gasteiger partial charge in [-0.15, -0.1) is 0 Å². The molecule has 13 heteroatoms. The van der Waals surface area contributed by atoms with Crippen LogP contribution in [0.4, 0.5) is 0 Å². The molecule has 0 radical (unpaired) electrons. The van der Waals surface area contributed by atoms with Gasteiger partial charge in [0.05, 0.1) is 17.7 Å². The van der Waals surface area contributed by atoms with Crippen molar-refractivity contribution in [1.29, 1.82) is 0 Å². The summed E-state index contributed by atoms with van der Waals surface area (Å²) in [6.07, 6.45) is 13.5. The maximum Gasteiger partial charge on any atom is 0.277 e. The molecular formula is C32H45BrN6O6. The van der Waals surface area contributed by atoms with E-state index in [9.17, 15) is 19.2 Å². The first-order valence-corrected chi connectivity index (χ1v) is 17.2. The maximum absolute atomic E-state index is 12.9. The Morgan fingerprint density at radius 3 is 1.78 bits per heavy atom. The topological polar surface area (TPSA) is 110 Å². The zero-order valence-corrected chi connectivity index (χ0v) is 28.1. The highest BCUT2D eigenvalue weighted by molar-refractivity contribution is 9.10. The molecule has 0 N–H and O–H groups in total. The fraction of sp³-hybridized carbons (Fsp3) is 0.625. The van der Waals surface area contributed by atoms with Gasteiger partial charge in [-0.3, -0.25) is 38.5 Å². The Morgan fingerprint density at radius 2 is 1.20 bits per heavy atom.